The highest BCUT2D eigenvalue weighted by molar-refractivity contribution is 5.50. The molecule has 0 aliphatic carbocycles. The Kier molecular flexibility index (Phi) is 3.06. The number of rotatable bonds is 4. The Bertz CT molecular complexity index is 374. The summed E-state index contributed by atoms with van der Waals surface area (Å²) in [4.78, 5) is 0. The summed E-state index contributed by atoms with van der Waals surface area (Å²) in [7, 11) is 1.92. The highest BCUT2D eigenvalue weighted by Gasteiger charge is 2.32. The molecule has 16 heavy (non-hydrogen) atoms. The van der Waals surface area contributed by atoms with Crippen LogP contribution in [-0.2, 0) is 6.42 Å². The summed E-state index contributed by atoms with van der Waals surface area (Å²) in [5, 5.41) is 3.06. The summed E-state index contributed by atoms with van der Waals surface area (Å²) in [5.74, 6) is 1.78. The molecule has 0 fully saturated rings. The van der Waals surface area contributed by atoms with Crippen LogP contribution >= 0.6 is 0 Å². The van der Waals surface area contributed by atoms with Crippen LogP contribution in [0.4, 0.5) is 0 Å². The largest absolute Gasteiger partial charge is 0.488 e. The van der Waals surface area contributed by atoms with Crippen LogP contribution in [0.25, 0.3) is 0 Å². The van der Waals surface area contributed by atoms with Crippen LogP contribution in [-0.4, -0.2) is 25.8 Å². The van der Waals surface area contributed by atoms with Gasteiger partial charge in [0.1, 0.15) is 12.2 Å². The quantitative estimate of drug-likeness (QED) is 0.789. The molecule has 88 valence electrons. The summed E-state index contributed by atoms with van der Waals surface area (Å²) < 4.78 is 11.6. The maximum absolute atomic E-state index is 5.91. The molecule has 3 nitrogen and oxygen atoms in total. The monoisotopic (exact) mass is 221 g/mol. The van der Waals surface area contributed by atoms with Crippen molar-refractivity contribution in [2.75, 3.05) is 20.2 Å². The normalized spacial score (nSPS) is 16.7. The molecule has 2 rings (SSSR count). The van der Waals surface area contributed by atoms with Crippen molar-refractivity contribution in [3.8, 4) is 11.5 Å². The van der Waals surface area contributed by atoms with Crippen molar-refractivity contribution in [3.05, 3.63) is 23.8 Å². The van der Waals surface area contributed by atoms with Gasteiger partial charge in [0.2, 0.25) is 0 Å². The zero-order valence-electron chi connectivity index (χ0n) is 10.2. The van der Waals surface area contributed by atoms with E-state index in [1.165, 1.54) is 5.56 Å². The van der Waals surface area contributed by atoms with Gasteiger partial charge in [0.25, 0.3) is 0 Å². The van der Waals surface area contributed by atoms with Gasteiger partial charge in [0.15, 0.2) is 11.5 Å². The lowest BCUT2D eigenvalue weighted by atomic mass is 10.0. The van der Waals surface area contributed by atoms with Gasteiger partial charge >= 0.3 is 0 Å². The number of fused-ring (bicyclic) bond motifs is 1. The van der Waals surface area contributed by atoms with E-state index in [2.05, 4.69) is 25.2 Å². The Labute approximate surface area is 96.8 Å². The minimum atomic E-state index is -0.106. The number of para-hydroxylation sites is 1. The van der Waals surface area contributed by atoms with Gasteiger partial charge in [-0.2, -0.15) is 0 Å². The minimum absolute atomic E-state index is 0.106. The lowest BCUT2D eigenvalue weighted by Gasteiger charge is -2.18. The Morgan fingerprint density at radius 3 is 3.00 bits per heavy atom. The molecule has 0 amide bonds. The van der Waals surface area contributed by atoms with E-state index in [0.717, 1.165) is 24.5 Å². The number of benzene rings is 1. The van der Waals surface area contributed by atoms with Crippen LogP contribution in [0.1, 0.15) is 19.4 Å². The molecule has 0 radical (unpaired) electrons. The van der Waals surface area contributed by atoms with E-state index in [9.17, 15) is 0 Å². The number of ether oxygens (including phenoxy) is 2. The van der Waals surface area contributed by atoms with E-state index >= 15 is 0 Å². The van der Waals surface area contributed by atoms with Crippen molar-refractivity contribution in [3.63, 3.8) is 0 Å². The average Bonchev–Trinajstić information content (AvgIpc) is 2.53. The predicted molar refractivity (Wildman–Crippen MR) is 64.3 cm³/mol. The van der Waals surface area contributed by atoms with Crippen LogP contribution in [0, 0.1) is 0 Å². The van der Waals surface area contributed by atoms with Gasteiger partial charge in [0.05, 0.1) is 0 Å². The molecule has 0 saturated heterocycles. The first-order valence-corrected chi connectivity index (χ1v) is 5.71. The van der Waals surface area contributed by atoms with Gasteiger partial charge < -0.3 is 14.8 Å². The molecule has 0 aromatic heterocycles. The molecule has 1 aliphatic rings. The van der Waals surface area contributed by atoms with Crippen molar-refractivity contribution in [1.82, 2.24) is 5.32 Å². The Hall–Kier alpha value is -1.22. The minimum Gasteiger partial charge on any atom is -0.488 e. The van der Waals surface area contributed by atoms with Crippen LogP contribution in [0.5, 0.6) is 11.5 Å². The SMILES string of the molecule is CNCCOc1cccc2c1OC(C)(C)C2. The van der Waals surface area contributed by atoms with Crippen LogP contribution in [0.3, 0.4) is 0 Å². The third-order valence-corrected chi connectivity index (χ3v) is 2.66. The molecule has 0 spiro atoms. The van der Waals surface area contributed by atoms with Crippen LogP contribution < -0.4 is 14.8 Å². The van der Waals surface area contributed by atoms with Gasteiger partial charge in [-0.3, -0.25) is 0 Å². The van der Waals surface area contributed by atoms with E-state index in [-0.39, 0.29) is 5.60 Å². The first-order chi connectivity index (χ1) is 7.62. The topological polar surface area (TPSA) is 30.5 Å². The number of nitrogens with one attached hydrogen (secondary N) is 1. The third-order valence-electron chi connectivity index (χ3n) is 2.66. The molecular formula is C13H19NO2. The predicted octanol–water partition coefficient (Wildman–Crippen LogP) is 2.00. The maximum atomic E-state index is 5.91. The first-order valence-electron chi connectivity index (χ1n) is 5.71. The van der Waals surface area contributed by atoms with E-state index < -0.39 is 0 Å². The van der Waals surface area contributed by atoms with Gasteiger partial charge in [-0.25, -0.2) is 0 Å². The average molecular weight is 221 g/mol. The summed E-state index contributed by atoms with van der Waals surface area (Å²) in [6.07, 6.45) is 0.950. The molecule has 1 N–H and O–H groups in total. The van der Waals surface area contributed by atoms with E-state index in [4.69, 9.17) is 9.47 Å². The van der Waals surface area contributed by atoms with E-state index in [0.29, 0.717) is 6.61 Å². The zero-order valence-corrected chi connectivity index (χ0v) is 10.2. The molecule has 0 saturated carbocycles. The molecule has 0 bridgehead atoms. The van der Waals surface area contributed by atoms with Crippen molar-refractivity contribution in [2.24, 2.45) is 0 Å². The number of hydrogen-bond acceptors (Lipinski definition) is 3. The third kappa shape index (κ3) is 2.30. The summed E-state index contributed by atoms with van der Waals surface area (Å²) in [5.41, 5.74) is 1.14. The standard InChI is InChI=1S/C13H19NO2/c1-13(2)9-10-5-4-6-11(12(10)16-13)15-8-7-14-3/h4-6,14H,7-9H2,1-3H3. The molecular weight excluding hydrogens is 202 g/mol. The molecule has 1 aliphatic heterocycles. The van der Waals surface area contributed by atoms with E-state index in [1.807, 2.05) is 19.2 Å². The highest BCUT2D eigenvalue weighted by Crippen LogP contribution is 2.41. The van der Waals surface area contributed by atoms with E-state index in [1.54, 1.807) is 0 Å². The molecule has 1 heterocycles. The summed E-state index contributed by atoms with van der Waals surface area (Å²) in [6, 6.07) is 6.10. The highest BCUT2D eigenvalue weighted by atomic mass is 16.5. The van der Waals surface area contributed by atoms with Gasteiger partial charge in [-0.05, 0) is 27.0 Å². The van der Waals surface area contributed by atoms with Gasteiger partial charge in [-0.15, -0.1) is 0 Å². The smallest absolute Gasteiger partial charge is 0.165 e. The Balaban J connectivity index is 2.14. The van der Waals surface area contributed by atoms with Crippen molar-refractivity contribution >= 4 is 0 Å². The lowest BCUT2D eigenvalue weighted by molar-refractivity contribution is 0.132. The number of likely N-dealkylation sites (N-methyl/N-ethyl adjacent to an activating group) is 1. The molecule has 0 atom stereocenters. The molecule has 0 unspecified atom stereocenters. The fourth-order valence-electron chi connectivity index (χ4n) is 1.96. The molecule has 3 heteroatoms. The second-order valence-electron chi connectivity index (χ2n) is 4.73. The molecule has 1 aromatic carbocycles. The first kappa shape index (κ1) is 11.3. The maximum Gasteiger partial charge on any atom is 0.165 e. The van der Waals surface area contributed by atoms with Gasteiger partial charge in [-0.1, -0.05) is 12.1 Å². The van der Waals surface area contributed by atoms with Crippen molar-refractivity contribution in [1.29, 1.82) is 0 Å². The second-order valence-corrected chi connectivity index (χ2v) is 4.73. The van der Waals surface area contributed by atoms with Crippen molar-refractivity contribution in [2.45, 2.75) is 25.9 Å². The van der Waals surface area contributed by atoms with Crippen LogP contribution in [0.15, 0.2) is 18.2 Å². The fourth-order valence-corrected chi connectivity index (χ4v) is 1.96. The summed E-state index contributed by atoms with van der Waals surface area (Å²) in [6.45, 7) is 5.71. The fraction of sp³-hybridized carbons (Fsp3) is 0.538. The number of hydrogen-bond donors (Lipinski definition) is 1. The van der Waals surface area contributed by atoms with Crippen molar-refractivity contribution < 1.29 is 9.47 Å². The summed E-state index contributed by atoms with van der Waals surface area (Å²) >= 11 is 0. The van der Waals surface area contributed by atoms with Crippen LogP contribution in [0.2, 0.25) is 0 Å². The lowest BCUT2D eigenvalue weighted by Crippen LogP contribution is -2.24. The second kappa shape index (κ2) is 4.34. The Morgan fingerprint density at radius 2 is 2.25 bits per heavy atom. The van der Waals surface area contributed by atoms with Gasteiger partial charge in [0, 0.05) is 18.5 Å². The molecule has 1 aromatic rings. The zero-order chi connectivity index (χ0) is 11.6. The Morgan fingerprint density at radius 1 is 1.44 bits per heavy atom.